The normalized spacial score (nSPS) is 14.2. The predicted molar refractivity (Wildman–Crippen MR) is 132 cm³/mol. The molecule has 0 aliphatic carbocycles. The van der Waals surface area contributed by atoms with Crippen LogP contribution in [-0.4, -0.2) is 35.0 Å². The average molecular weight is 452 g/mol. The zero-order chi connectivity index (χ0) is 23.3. The van der Waals surface area contributed by atoms with E-state index >= 15 is 0 Å². The third-order valence-electron chi connectivity index (χ3n) is 5.52. The van der Waals surface area contributed by atoms with Crippen molar-refractivity contribution < 1.29 is 9.90 Å². The molecule has 0 fully saturated rings. The van der Waals surface area contributed by atoms with Gasteiger partial charge in [-0.3, -0.25) is 4.79 Å². The molecule has 0 unspecified atom stereocenters. The van der Waals surface area contributed by atoms with E-state index in [1.165, 1.54) is 10.5 Å². The number of anilines is 1. The molecule has 2 aromatic rings. The Morgan fingerprint density at radius 2 is 2.03 bits per heavy atom. The number of benzene rings is 1. The number of carbonyl (C=O) groups excluding carboxylic acids is 1. The number of aryl methyl sites for hydroxylation is 1. The molecule has 0 saturated carbocycles. The van der Waals surface area contributed by atoms with E-state index in [0.717, 1.165) is 47.3 Å². The first-order valence-electron chi connectivity index (χ1n) is 10.8. The summed E-state index contributed by atoms with van der Waals surface area (Å²) in [4.78, 5) is 18.6. The van der Waals surface area contributed by atoms with E-state index in [1.54, 1.807) is 26.2 Å². The molecule has 168 valence electrons. The van der Waals surface area contributed by atoms with Gasteiger partial charge in [-0.15, -0.1) is 0 Å². The maximum Gasteiger partial charge on any atom is 0.254 e. The molecule has 0 saturated heterocycles. The number of hydrogen-bond acceptors (Lipinski definition) is 4. The van der Waals surface area contributed by atoms with Gasteiger partial charge in [-0.2, -0.15) is 0 Å². The Bertz CT molecular complexity index is 1100. The molecule has 32 heavy (non-hydrogen) atoms. The Labute approximate surface area is 195 Å². The summed E-state index contributed by atoms with van der Waals surface area (Å²) in [5.41, 5.74) is 5.73. The van der Waals surface area contributed by atoms with Gasteiger partial charge in [0, 0.05) is 38.5 Å². The second kappa shape index (κ2) is 10.5. The monoisotopic (exact) mass is 451 g/mol. The van der Waals surface area contributed by atoms with Crippen molar-refractivity contribution in [1.82, 2.24) is 9.88 Å². The molecule has 2 heterocycles. The number of halogens is 1. The largest absolute Gasteiger partial charge is 0.512 e. The van der Waals surface area contributed by atoms with Crippen molar-refractivity contribution in [3.8, 4) is 11.1 Å². The lowest BCUT2D eigenvalue weighted by atomic mass is 9.95. The number of aromatic nitrogens is 1. The molecule has 1 aliphatic rings. The van der Waals surface area contributed by atoms with Crippen molar-refractivity contribution in [2.45, 2.75) is 39.5 Å². The molecule has 3 rings (SSSR count). The summed E-state index contributed by atoms with van der Waals surface area (Å²) in [5.74, 6) is 1.07. The number of carbonyl (C=O) groups is 1. The van der Waals surface area contributed by atoms with E-state index in [-0.39, 0.29) is 5.91 Å². The van der Waals surface area contributed by atoms with Crippen LogP contribution in [0.2, 0.25) is 5.02 Å². The topological polar surface area (TPSA) is 65.5 Å². The van der Waals surface area contributed by atoms with Gasteiger partial charge in [-0.1, -0.05) is 30.7 Å². The maximum absolute atomic E-state index is 12.5. The van der Waals surface area contributed by atoms with Crippen LogP contribution >= 0.6 is 11.6 Å². The van der Waals surface area contributed by atoms with Crippen molar-refractivity contribution in [2.24, 2.45) is 0 Å². The minimum absolute atomic E-state index is 0.130. The van der Waals surface area contributed by atoms with Gasteiger partial charge in [0.1, 0.15) is 5.82 Å². The number of pyridine rings is 1. The third kappa shape index (κ3) is 5.40. The SMILES string of the molecule is C/C=C(/O)C/C(=C\CC)C1=CNc2ncc(-c3ccc(Cl)c(C(=O)N(C)C)c3)cc2CC1. The smallest absolute Gasteiger partial charge is 0.254 e. The van der Waals surface area contributed by atoms with Crippen molar-refractivity contribution in [2.75, 3.05) is 19.4 Å². The van der Waals surface area contributed by atoms with Gasteiger partial charge < -0.3 is 15.3 Å². The van der Waals surface area contributed by atoms with Gasteiger partial charge in [0.2, 0.25) is 0 Å². The van der Waals surface area contributed by atoms with Crippen LogP contribution in [0.5, 0.6) is 0 Å². The number of fused-ring (bicyclic) bond motifs is 1. The van der Waals surface area contributed by atoms with Crippen LogP contribution < -0.4 is 5.32 Å². The highest BCUT2D eigenvalue weighted by Gasteiger charge is 2.17. The lowest BCUT2D eigenvalue weighted by Crippen LogP contribution is -2.22. The first-order chi connectivity index (χ1) is 15.3. The predicted octanol–water partition coefficient (Wildman–Crippen LogP) is 6.53. The molecule has 1 aromatic carbocycles. The molecule has 0 spiro atoms. The molecular weight excluding hydrogens is 422 g/mol. The standard InChI is InChI=1S/C26H30ClN3O2/c1-5-7-17(13-22(31)6-2)20-9-8-19-12-21(16-29-25(19)28-15-20)18-10-11-24(27)23(14-18)26(32)30(3)4/h6-7,10-12,14-16,31H,5,8-9,13H2,1-4H3,(H,28,29)/b17-7+,22-6+. The van der Waals surface area contributed by atoms with Gasteiger partial charge in [0.25, 0.3) is 5.91 Å². The number of aliphatic hydroxyl groups excluding tert-OH is 1. The van der Waals surface area contributed by atoms with Crippen molar-refractivity contribution in [1.29, 1.82) is 0 Å². The zero-order valence-corrected chi connectivity index (χ0v) is 19.8. The lowest BCUT2D eigenvalue weighted by molar-refractivity contribution is 0.0828. The van der Waals surface area contributed by atoms with Crippen LogP contribution in [0.15, 0.2) is 65.7 Å². The highest BCUT2D eigenvalue weighted by molar-refractivity contribution is 6.34. The summed E-state index contributed by atoms with van der Waals surface area (Å²) in [6.07, 6.45) is 10.8. The summed E-state index contributed by atoms with van der Waals surface area (Å²) >= 11 is 6.27. The summed E-state index contributed by atoms with van der Waals surface area (Å²) in [7, 11) is 3.42. The van der Waals surface area contributed by atoms with Crippen molar-refractivity contribution in [3.05, 3.63) is 81.9 Å². The molecule has 6 heteroatoms. The van der Waals surface area contributed by atoms with E-state index in [1.807, 2.05) is 31.5 Å². The minimum atomic E-state index is -0.130. The van der Waals surface area contributed by atoms with E-state index in [4.69, 9.17) is 11.6 Å². The Morgan fingerprint density at radius 3 is 2.72 bits per heavy atom. The van der Waals surface area contributed by atoms with Crippen LogP contribution in [0.1, 0.15) is 49.0 Å². The van der Waals surface area contributed by atoms with Gasteiger partial charge in [0.15, 0.2) is 0 Å². The number of allylic oxidation sites excluding steroid dienone is 4. The Balaban J connectivity index is 1.87. The molecule has 1 aliphatic heterocycles. The number of nitrogens with zero attached hydrogens (tertiary/aromatic N) is 2. The first kappa shape index (κ1) is 23.6. The van der Waals surface area contributed by atoms with Crippen LogP contribution in [0, 0.1) is 0 Å². The molecule has 1 aromatic heterocycles. The van der Waals surface area contributed by atoms with Gasteiger partial charge in [0.05, 0.1) is 16.3 Å². The average Bonchev–Trinajstić information content (AvgIpc) is 3.00. The molecule has 2 N–H and O–H groups in total. The first-order valence-corrected chi connectivity index (χ1v) is 11.2. The number of hydrogen-bond donors (Lipinski definition) is 2. The second-order valence-electron chi connectivity index (χ2n) is 8.03. The molecular formula is C26H30ClN3O2. The number of amides is 1. The quantitative estimate of drug-likeness (QED) is 0.489. The summed E-state index contributed by atoms with van der Waals surface area (Å²) in [6.45, 7) is 3.94. The molecule has 0 atom stereocenters. The fourth-order valence-corrected chi connectivity index (χ4v) is 3.91. The molecule has 0 bridgehead atoms. The molecule has 1 amide bonds. The summed E-state index contributed by atoms with van der Waals surface area (Å²) < 4.78 is 0. The number of aliphatic hydroxyl groups is 1. The van der Waals surface area contributed by atoms with Gasteiger partial charge in [-0.25, -0.2) is 4.98 Å². The van der Waals surface area contributed by atoms with Crippen molar-refractivity contribution >= 4 is 23.3 Å². The van der Waals surface area contributed by atoms with Crippen LogP contribution in [0.25, 0.3) is 11.1 Å². The summed E-state index contributed by atoms with van der Waals surface area (Å²) in [6, 6.07) is 7.61. The Hall–Kier alpha value is -3.05. The highest BCUT2D eigenvalue weighted by atomic mass is 35.5. The van der Waals surface area contributed by atoms with E-state index in [0.29, 0.717) is 22.8 Å². The van der Waals surface area contributed by atoms with Crippen LogP contribution in [0.3, 0.4) is 0 Å². The summed E-state index contributed by atoms with van der Waals surface area (Å²) in [5, 5.41) is 13.8. The molecule has 0 radical (unpaired) electrons. The highest BCUT2D eigenvalue weighted by Crippen LogP contribution is 2.32. The molecule has 5 nitrogen and oxygen atoms in total. The third-order valence-corrected chi connectivity index (χ3v) is 5.85. The van der Waals surface area contributed by atoms with Crippen molar-refractivity contribution in [3.63, 3.8) is 0 Å². The zero-order valence-electron chi connectivity index (χ0n) is 19.1. The Kier molecular flexibility index (Phi) is 7.75. The number of rotatable bonds is 6. The van der Waals surface area contributed by atoms with Crippen LogP contribution in [-0.2, 0) is 6.42 Å². The van der Waals surface area contributed by atoms with E-state index in [2.05, 4.69) is 29.4 Å². The van der Waals surface area contributed by atoms with E-state index in [9.17, 15) is 9.90 Å². The fraction of sp³-hybridized carbons (Fsp3) is 0.308. The lowest BCUT2D eigenvalue weighted by Gasteiger charge is -2.14. The number of nitrogens with one attached hydrogen (secondary N) is 1. The van der Waals surface area contributed by atoms with E-state index < -0.39 is 0 Å². The van der Waals surface area contributed by atoms with Gasteiger partial charge in [-0.05, 0) is 72.7 Å². The second-order valence-corrected chi connectivity index (χ2v) is 8.44. The Morgan fingerprint density at radius 1 is 1.25 bits per heavy atom. The maximum atomic E-state index is 12.5. The minimum Gasteiger partial charge on any atom is -0.512 e. The van der Waals surface area contributed by atoms with Gasteiger partial charge >= 0.3 is 0 Å². The fourth-order valence-electron chi connectivity index (χ4n) is 3.71. The van der Waals surface area contributed by atoms with Crippen LogP contribution in [0.4, 0.5) is 5.82 Å².